The van der Waals surface area contributed by atoms with Gasteiger partial charge in [0.05, 0.1) is 5.56 Å². The Bertz CT molecular complexity index is 487. The van der Waals surface area contributed by atoms with Crippen molar-refractivity contribution in [2.24, 2.45) is 0 Å². The molecule has 0 unspecified atom stereocenters. The topological polar surface area (TPSA) is 60.4 Å². The molecule has 1 aliphatic rings. The normalized spacial score (nSPS) is 18.1. The molecule has 1 heterocycles. The van der Waals surface area contributed by atoms with Gasteiger partial charge in [0.15, 0.2) is 0 Å². The summed E-state index contributed by atoms with van der Waals surface area (Å²) in [6.45, 7) is 1.62. The molecule has 2 rings (SSSR count). The van der Waals surface area contributed by atoms with Gasteiger partial charge in [-0.25, -0.2) is 4.79 Å². The van der Waals surface area contributed by atoms with E-state index in [2.05, 4.69) is 4.18 Å². The lowest BCUT2D eigenvalue weighted by molar-refractivity contribution is 0.0762. The average Bonchev–Trinajstić information content (AvgIpc) is 2.24. The maximum absolute atomic E-state index is 11.2. The maximum Gasteiger partial charge on any atom is 0.355 e. The van der Waals surface area contributed by atoms with E-state index in [0.29, 0.717) is 5.56 Å². The van der Waals surface area contributed by atoms with Gasteiger partial charge < -0.3 is 4.18 Å². The van der Waals surface area contributed by atoms with Crippen LogP contribution in [0.25, 0.3) is 0 Å². The predicted octanol–water partition coefficient (Wildman–Crippen LogP) is 0.854. The number of rotatable bonds is 0. The molecule has 0 aliphatic carbocycles. The number of hydrogen-bond acceptors (Lipinski definition) is 4. The van der Waals surface area contributed by atoms with Gasteiger partial charge in [0.2, 0.25) is 0 Å². The second kappa shape index (κ2) is 2.32. The summed E-state index contributed by atoms with van der Waals surface area (Å²) in [6, 6.07) is 4.68. The standard InChI is InChI=1S/C8H6O4S/c1-5-3-2-4-6-7(5)13(10,11)12-8(6)9/h2-4H,1H3. The molecule has 0 aromatic heterocycles. The van der Waals surface area contributed by atoms with Gasteiger partial charge in [-0.1, -0.05) is 12.1 Å². The molecular formula is C8H6O4S. The van der Waals surface area contributed by atoms with Gasteiger partial charge in [-0.2, -0.15) is 8.42 Å². The predicted molar refractivity (Wildman–Crippen MR) is 43.8 cm³/mol. The zero-order valence-corrected chi connectivity index (χ0v) is 7.59. The van der Waals surface area contributed by atoms with Gasteiger partial charge in [-0.05, 0) is 18.6 Å². The van der Waals surface area contributed by atoms with Crippen molar-refractivity contribution in [2.45, 2.75) is 11.8 Å². The van der Waals surface area contributed by atoms with Crippen LogP contribution in [0.3, 0.4) is 0 Å². The Balaban J connectivity index is 2.89. The highest BCUT2D eigenvalue weighted by Gasteiger charge is 2.36. The minimum absolute atomic E-state index is 0.000000000000000222. The van der Waals surface area contributed by atoms with Crippen molar-refractivity contribution in [1.29, 1.82) is 0 Å². The molecule has 0 fully saturated rings. The first kappa shape index (κ1) is 8.25. The Morgan fingerprint density at radius 3 is 2.62 bits per heavy atom. The summed E-state index contributed by atoms with van der Waals surface area (Å²) in [5.41, 5.74) is 0.656. The van der Waals surface area contributed by atoms with E-state index in [9.17, 15) is 13.2 Å². The van der Waals surface area contributed by atoms with Crippen molar-refractivity contribution < 1.29 is 17.4 Å². The highest BCUT2D eigenvalue weighted by Crippen LogP contribution is 2.29. The first-order valence-corrected chi connectivity index (χ1v) is 5.01. The fourth-order valence-corrected chi connectivity index (χ4v) is 2.59. The van der Waals surface area contributed by atoms with Gasteiger partial charge in [0.1, 0.15) is 4.90 Å². The Morgan fingerprint density at radius 1 is 1.31 bits per heavy atom. The molecule has 13 heavy (non-hydrogen) atoms. The fraction of sp³-hybridized carbons (Fsp3) is 0.125. The van der Waals surface area contributed by atoms with Crippen LogP contribution in [0.4, 0.5) is 0 Å². The molecule has 0 atom stereocenters. The average molecular weight is 198 g/mol. The minimum Gasteiger partial charge on any atom is -0.338 e. The lowest BCUT2D eigenvalue weighted by atomic mass is 10.1. The fourth-order valence-electron chi connectivity index (χ4n) is 1.33. The van der Waals surface area contributed by atoms with Crippen molar-refractivity contribution in [1.82, 2.24) is 0 Å². The summed E-state index contributed by atoms with van der Waals surface area (Å²) < 4.78 is 26.7. The van der Waals surface area contributed by atoms with Crippen LogP contribution in [-0.2, 0) is 14.3 Å². The maximum atomic E-state index is 11.2. The van der Waals surface area contributed by atoms with E-state index in [1.807, 2.05) is 0 Å². The van der Waals surface area contributed by atoms with Gasteiger partial charge in [-0.15, -0.1) is 0 Å². The van der Waals surface area contributed by atoms with Crippen LogP contribution in [0.2, 0.25) is 0 Å². The molecule has 5 heteroatoms. The highest BCUT2D eigenvalue weighted by molar-refractivity contribution is 7.87. The van der Waals surface area contributed by atoms with Gasteiger partial charge >= 0.3 is 16.1 Å². The lowest BCUT2D eigenvalue weighted by Gasteiger charge is -1.96. The molecule has 0 saturated heterocycles. The van der Waals surface area contributed by atoms with Crippen molar-refractivity contribution in [3.05, 3.63) is 29.3 Å². The molecule has 0 saturated carbocycles. The number of benzene rings is 1. The van der Waals surface area contributed by atoms with Crippen molar-refractivity contribution >= 4 is 16.1 Å². The van der Waals surface area contributed by atoms with Crippen molar-refractivity contribution in [3.8, 4) is 0 Å². The minimum atomic E-state index is -3.83. The van der Waals surface area contributed by atoms with Crippen LogP contribution in [0.1, 0.15) is 15.9 Å². The number of hydrogen-bond donors (Lipinski definition) is 0. The smallest absolute Gasteiger partial charge is 0.338 e. The zero-order chi connectivity index (χ0) is 9.64. The van der Waals surface area contributed by atoms with Crippen LogP contribution in [0.5, 0.6) is 0 Å². The molecule has 1 aliphatic heterocycles. The van der Waals surface area contributed by atoms with Gasteiger partial charge in [-0.3, -0.25) is 0 Å². The summed E-state index contributed by atoms with van der Waals surface area (Å²) >= 11 is 0. The van der Waals surface area contributed by atoms with E-state index >= 15 is 0 Å². The zero-order valence-electron chi connectivity index (χ0n) is 6.77. The molecule has 0 N–H and O–H groups in total. The molecule has 1 aromatic rings. The number of carbonyl (C=O) groups is 1. The second-order valence-electron chi connectivity index (χ2n) is 2.78. The van der Waals surface area contributed by atoms with E-state index in [-0.39, 0.29) is 10.5 Å². The monoisotopic (exact) mass is 198 g/mol. The number of fused-ring (bicyclic) bond motifs is 1. The van der Waals surface area contributed by atoms with E-state index in [4.69, 9.17) is 0 Å². The van der Waals surface area contributed by atoms with Gasteiger partial charge in [0, 0.05) is 0 Å². The van der Waals surface area contributed by atoms with Crippen LogP contribution in [-0.4, -0.2) is 14.4 Å². The summed E-state index contributed by atoms with van der Waals surface area (Å²) in [4.78, 5) is 11.0. The molecule has 0 radical (unpaired) electrons. The van der Waals surface area contributed by atoms with Gasteiger partial charge in [0.25, 0.3) is 0 Å². The van der Waals surface area contributed by atoms with E-state index in [0.717, 1.165) is 0 Å². The van der Waals surface area contributed by atoms with Crippen molar-refractivity contribution in [2.75, 3.05) is 0 Å². The van der Waals surface area contributed by atoms with Crippen LogP contribution in [0.15, 0.2) is 23.1 Å². The van der Waals surface area contributed by atoms with E-state index in [1.165, 1.54) is 6.07 Å². The SMILES string of the molecule is Cc1cccc2c1S(=O)(=O)OC2=O. The molecule has 0 bridgehead atoms. The number of carbonyl (C=O) groups excluding carboxylic acids is 1. The molecule has 0 spiro atoms. The lowest BCUT2D eigenvalue weighted by Crippen LogP contribution is -2.00. The molecule has 0 amide bonds. The van der Waals surface area contributed by atoms with Crippen molar-refractivity contribution in [3.63, 3.8) is 0 Å². The summed E-state index contributed by atoms with van der Waals surface area (Å²) in [5.74, 6) is -0.793. The molecule has 4 nitrogen and oxygen atoms in total. The third-order valence-electron chi connectivity index (χ3n) is 1.87. The molecule has 1 aromatic carbocycles. The summed E-state index contributed by atoms with van der Waals surface area (Å²) in [6.07, 6.45) is 0. The first-order valence-electron chi connectivity index (χ1n) is 3.61. The van der Waals surface area contributed by atoms with Crippen LogP contribution in [0, 0.1) is 6.92 Å². The summed E-state index contributed by atoms with van der Waals surface area (Å²) in [5, 5.41) is 0. The Morgan fingerprint density at radius 2 is 2.00 bits per heavy atom. The number of aryl methyl sites for hydroxylation is 1. The first-order chi connectivity index (χ1) is 6.02. The van der Waals surface area contributed by atoms with Crippen LogP contribution < -0.4 is 0 Å². The Labute approximate surface area is 75.3 Å². The largest absolute Gasteiger partial charge is 0.355 e. The third-order valence-corrected chi connectivity index (χ3v) is 3.28. The Kier molecular flexibility index (Phi) is 1.47. The Hall–Kier alpha value is -1.36. The molecule has 68 valence electrons. The van der Waals surface area contributed by atoms with Crippen LogP contribution >= 0.6 is 0 Å². The third kappa shape index (κ3) is 1.04. The highest BCUT2D eigenvalue weighted by atomic mass is 32.2. The molecular weight excluding hydrogens is 192 g/mol. The van der Waals surface area contributed by atoms with E-state index in [1.54, 1.807) is 19.1 Å². The summed E-state index contributed by atoms with van der Waals surface area (Å²) in [7, 11) is -3.83. The van der Waals surface area contributed by atoms with E-state index < -0.39 is 16.1 Å². The quantitative estimate of drug-likeness (QED) is 0.580. The second-order valence-corrected chi connectivity index (χ2v) is 4.26.